The summed E-state index contributed by atoms with van der Waals surface area (Å²) in [7, 11) is 0. The number of nitrogens with one attached hydrogen (secondary N) is 1. The van der Waals surface area contributed by atoms with Crippen LogP contribution < -0.4 is 10.9 Å². The lowest BCUT2D eigenvalue weighted by molar-refractivity contribution is -0.142. The zero-order chi connectivity index (χ0) is 22.2. The van der Waals surface area contributed by atoms with Crippen LogP contribution in [0.4, 0.5) is 13.2 Å². The maximum atomic E-state index is 13.4. The third-order valence-corrected chi connectivity index (χ3v) is 5.25. The van der Waals surface area contributed by atoms with Crippen molar-refractivity contribution in [2.75, 3.05) is 0 Å². The van der Waals surface area contributed by atoms with Gasteiger partial charge in [0.1, 0.15) is 6.04 Å². The molecule has 5 nitrogen and oxygen atoms in total. The van der Waals surface area contributed by atoms with Gasteiger partial charge in [0.15, 0.2) is 0 Å². The first-order valence-electron chi connectivity index (χ1n) is 9.43. The van der Waals surface area contributed by atoms with Crippen molar-refractivity contribution in [3.63, 3.8) is 0 Å². The number of alkyl halides is 3. The number of carbonyl (C=O) groups is 1. The Balaban J connectivity index is 2.07. The summed E-state index contributed by atoms with van der Waals surface area (Å²) >= 11 is 0. The zero-order valence-corrected chi connectivity index (χ0v) is 17.1. The van der Waals surface area contributed by atoms with E-state index in [9.17, 15) is 22.8 Å². The first kappa shape index (κ1) is 21.5. The summed E-state index contributed by atoms with van der Waals surface area (Å²) in [6.07, 6.45) is -4.93. The van der Waals surface area contributed by atoms with Gasteiger partial charge in [-0.15, -0.1) is 0 Å². The van der Waals surface area contributed by atoms with E-state index in [0.717, 1.165) is 26.8 Å². The molecule has 1 atom stereocenters. The summed E-state index contributed by atoms with van der Waals surface area (Å²) in [5, 5.41) is 2.71. The van der Waals surface area contributed by atoms with E-state index in [1.165, 1.54) is 13.0 Å². The van der Waals surface area contributed by atoms with E-state index in [0.29, 0.717) is 0 Å². The molecule has 1 aromatic heterocycles. The second-order valence-electron chi connectivity index (χ2n) is 7.38. The summed E-state index contributed by atoms with van der Waals surface area (Å²) < 4.78 is 41.2. The van der Waals surface area contributed by atoms with Crippen LogP contribution in [0, 0.1) is 20.8 Å². The summed E-state index contributed by atoms with van der Waals surface area (Å²) in [5.41, 5.74) is 0.719. The number of halogens is 3. The lowest BCUT2D eigenvalue weighted by Crippen LogP contribution is -2.39. The molecule has 0 saturated heterocycles. The van der Waals surface area contributed by atoms with Gasteiger partial charge in [-0.25, -0.2) is 4.98 Å². The third-order valence-electron chi connectivity index (χ3n) is 5.25. The van der Waals surface area contributed by atoms with Crippen LogP contribution in [0.25, 0.3) is 11.0 Å². The van der Waals surface area contributed by atoms with Crippen molar-refractivity contribution >= 4 is 16.9 Å². The van der Waals surface area contributed by atoms with Crippen LogP contribution in [0.15, 0.2) is 41.2 Å². The van der Waals surface area contributed by atoms with Crippen molar-refractivity contribution in [3.05, 3.63) is 74.7 Å². The number of amides is 1. The Bertz CT molecular complexity index is 1180. The van der Waals surface area contributed by atoms with Gasteiger partial charge in [-0.05, 0) is 62.1 Å². The molecule has 0 aliphatic carbocycles. The normalized spacial score (nSPS) is 12.8. The quantitative estimate of drug-likeness (QED) is 0.692. The molecule has 0 saturated carbocycles. The van der Waals surface area contributed by atoms with E-state index in [-0.39, 0.29) is 17.6 Å². The molecule has 0 aliphatic rings. The smallest absolute Gasteiger partial charge is 0.350 e. The van der Waals surface area contributed by atoms with Crippen molar-refractivity contribution in [2.45, 2.75) is 46.5 Å². The molecule has 3 aromatic rings. The van der Waals surface area contributed by atoms with Crippen molar-refractivity contribution in [1.82, 2.24) is 14.9 Å². The fourth-order valence-electron chi connectivity index (χ4n) is 3.28. The highest BCUT2D eigenvalue weighted by atomic mass is 19.4. The number of carbonyl (C=O) groups excluding carboxylic acids is 1. The Kier molecular flexibility index (Phi) is 5.70. The highest BCUT2D eigenvalue weighted by Crippen LogP contribution is 2.28. The predicted molar refractivity (Wildman–Crippen MR) is 108 cm³/mol. The van der Waals surface area contributed by atoms with Crippen LogP contribution in [0.5, 0.6) is 0 Å². The van der Waals surface area contributed by atoms with Crippen molar-refractivity contribution in [2.24, 2.45) is 0 Å². The average molecular weight is 417 g/mol. The van der Waals surface area contributed by atoms with Gasteiger partial charge in [0, 0.05) is 6.54 Å². The molecule has 0 fully saturated rings. The number of nitrogens with zero attached hydrogens (tertiary/aromatic N) is 2. The number of hydrogen-bond acceptors (Lipinski definition) is 3. The fourth-order valence-corrected chi connectivity index (χ4v) is 3.28. The molecule has 0 unspecified atom stereocenters. The first-order chi connectivity index (χ1) is 14.0. The molecule has 30 heavy (non-hydrogen) atoms. The lowest BCUT2D eigenvalue weighted by Gasteiger charge is -2.20. The number of benzene rings is 2. The number of fused-ring (bicyclic) bond motifs is 1. The summed E-state index contributed by atoms with van der Waals surface area (Å²) in [5.74, 6) is -0.556. The molecule has 1 amide bonds. The fraction of sp³-hybridized carbons (Fsp3) is 0.318. The molecule has 8 heteroatoms. The Hall–Kier alpha value is -3.16. The summed E-state index contributed by atoms with van der Waals surface area (Å²) in [4.78, 5) is 29.0. The number of aryl methyl sites for hydroxylation is 3. The third kappa shape index (κ3) is 4.08. The second-order valence-corrected chi connectivity index (χ2v) is 7.38. The largest absolute Gasteiger partial charge is 0.438 e. The maximum Gasteiger partial charge on any atom is 0.438 e. The van der Waals surface area contributed by atoms with E-state index >= 15 is 0 Å². The van der Waals surface area contributed by atoms with Gasteiger partial charge in [-0.1, -0.05) is 24.3 Å². The van der Waals surface area contributed by atoms with Crippen LogP contribution >= 0.6 is 0 Å². The molecule has 3 rings (SSSR count). The standard InChI is InChI=1S/C22H22F3N3O2/c1-12-7-5-6-8-16(12)11-26-20(29)15(4)28-18-10-14(3)13(2)9-17(18)27-19(21(28)30)22(23,24)25/h5-10,15H,11H2,1-4H3,(H,26,29)/t15-/m1/s1. The molecular formula is C22H22F3N3O2. The molecule has 1 N–H and O–H groups in total. The first-order valence-corrected chi connectivity index (χ1v) is 9.43. The minimum absolute atomic E-state index is 0.0172. The topological polar surface area (TPSA) is 64.0 Å². The average Bonchev–Trinajstić information content (AvgIpc) is 2.67. The number of aromatic nitrogens is 2. The minimum Gasteiger partial charge on any atom is -0.350 e. The van der Waals surface area contributed by atoms with Gasteiger partial charge < -0.3 is 5.32 Å². The van der Waals surface area contributed by atoms with Crippen molar-refractivity contribution < 1.29 is 18.0 Å². The second kappa shape index (κ2) is 7.93. The molecule has 0 radical (unpaired) electrons. The minimum atomic E-state index is -4.93. The maximum absolute atomic E-state index is 13.4. The molecule has 0 aliphatic heterocycles. The van der Waals surface area contributed by atoms with E-state index in [1.54, 1.807) is 19.9 Å². The highest BCUT2D eigenvalue weighted by Gasteiger charge is 2.38. The van der Waals surface area contributed by atoms with Gasteiger partial charge in [0.05, 0.1) is 11.0 Å². The van der Waals surface area contributed by atoms with E-state index in [4.69, 9.17) is 0 Å². The van der Waals surface area contributed by atoms with E-state index in [1.807, 2.05) is 31.2 Å². The summed E-state index contributed by atoms with van der Waals surface area (Å²) in [6, 6.07) is 9.37. The molecule has 2 aromatic carbocycles. The lowest BCUT2D eigenvalue weighted by atomic mass is 10.1. The number of rotatable bonds is 4. The van der Waals surface area contributed by atoms with Crippen LogP contribution in [0.2, 0.25) is 0 Å². The Morgan fingerprint density at radius 3 is 2.37 bits per heavy atom. The predicted octanol–water partition coefficient (Wildman–Crippen LogP) is 4.22. The SMILES string of the molecule is Cc1cc2nc(C(F)(F)F)c(=O)n([C@H](C)C(=O)NCc3ccccc3C)c2cc1C. The van der Waals surface area contributed by atoms with Gasteiger partial charge in [0.25, 0.3) is 5.56 Å². The zero-order valence-electron chi connectivity index (χ0n) is 17.1. The molecule has 0 spiro atoms. The van der Waals surface area contributed by atoms with Gasteiger partial charge in [-0.2, -0.15) is 13.2 Å². The molecular weight excluding hydrogens is 395 g/mol. The number of hydrogen-bond donors (Lipinski definition) is 1. The molecule has 1 heterocycles. The van der Waals surface area contributed by atoms with Crippen molar-refractivity contribution in [3.8, 4) is 0 Å². The van der Waals surface area contributed by atoms with Crippen molar-refractivity contribution in [1.29, 1.82) is 0 Å². The Labute approximate surface area is 171 Å². The van der Waals surface area contributed by atoms with Gasteiger partial charge >= 0.3 is 6.18 Å². The highest BCUT2D eigenvalue weighted by molar-refractivity contribution is 5.84. The summed E-state index contributed by atoms with van der Waals surface area (Å²) in [6.45, 7) is 7.04. The van der Waals surface area contributed by atoms with Crippen LogP contribution in [-0.2, 0) is 17.5 Å². The molecule has 158 valence electrons. The Morgan fingerprint density at radius 2 is 1.73 bits per heavy atom. The van der Waals surface area contributed by atoms with E-state index in [2.05, 4.69) is 10.3 Å². The van der Waals surface area contributed by atoms with Crippen LogP contribution in [0.3, 0.4) is 0 Å². The van der Waals surface area contributed by atoms with E-state index < -0.39 is 29.4 Å². The van der Waals surface area contributed by atoms with Crippen LogP contribution in [0.1, 0.15) is 40.9 Å². The van der Waals surface area contributed by atoms with Crippen LogP contribution in [-0.4, -0.2) is 15.5 Å². The van der Waals surface area contributed by atoms with Gasteiger partial charge in [0.2, 0.25) is 11.6 Å². The molecule has 0 bridgehead atoms. The van der Waals surface area contributed by atoms with Gasteiger partial charge in [-0.3, -0.25) is 14.2 Å². The monoisotopic (exact) mass is 417 g/mol. The Morgan fingerprint density at radius 1 is 1.10 bits per heavy atom.